The van der Waals surface area contributed by atoms with E-state index >= 15 is 0 Å². The van der Waals surface area contributed by atoms with Gasteiger partial charge in [-0.1, -0.05) is 12.8 Å². The van der Waals surface area contributed by atoms with Crippen molar-refractivity contribution < 1.29 is 18.3 Å². The minimum absolute atomic E-state index is 0.00651. The second-order valence-corrected chi connectivity index (χ2v) is 7.88. The molecule has 2 aliphatic rings. The minimum Gasteiger partial charge on any atom is -0.477 e. The Morgan fingerprint density at radius 3 is 2.67 bits per heavy atom. The molecule has 2 atom stereocenters. The molecule has 116 valence electrons. The Balaban J connectivity index is 1.93. The van der Waals surface area contributed by atoms with Crippen LogP contribution in [0.1, 0.15) is 42.6 Å². The molecule has 1 aliphatic carbocycles. The summed E-state index contributed by atoms with van der Waals surface area (Å²) in [5, 5.41) is 9.07. The Labute approximate surface area is 124 Å². The number of carbonyl (C=O) groups is 1. The van der Waals surface area contributed by atoms with Crippen LogP contribution in [0.25, 0.3) is 0 Å². The van der Waals surface area contributed by atoms with Crippen LogP contribution in [0.2, 0.25) is 0 Å². The van der Waals surface area contributed by atoms with E-state index in [1.807, 2.05) is 0 Å². The monoisotopic (exact) mass is 312 g/mol. The number of rotatable bonds is 3. The molecule has 3 rings (SSSR count). The lowest BCUT2D eigenvalue weighted by Gasteiger charge is -2.30. The molecule has 0 radical (unpaired) electrons. The predicted octanol–water partition coefficient (Wildman–Crippen LogP) is 1.68. The first kappa shape index (κ1) is 14.6. The smallest absolute Gasteiger partial charge is 0.352 e. The molecule has 0 amide bonds. The number of aromatic carboxylic acids is 1. The van der Waals surface area contributed by atoms with Crippen LogP contribution >= 0.6 is 0 Å². The zero-order valence-electron chi connectivity index (χ0n) is 12.0. The summed E-state index contributed by atoms with van der Waals surface area (Å²) < 4.78 is 28.5. The number of carboxylic acid groups (broad SMARTS) is 1. The largest absolute Gasteiger partial charge is 0.477 e. The van der Waals surface area contributed by atoms with Crippen molar-refractivity contribution in [2.75, 3.05) is 6.54 Å². The van der Waals surface area contributed by atoms with E-state index in [9.17, 15) is 13.2 Å². The standard InChI is InChI=1S/C14H20N2O4S/c1-15-9-11(8-13(15)14(17)18)21(19,20)16-7-6-10-4-2-3-5-12(10)16/h8-10,12H,2-7H2,1H3,(H,17,18). The predicted molar refractivity (Wildman–Crippen MR) is 76.6 cm³/mol. The molecule has 0 bridgehead atoms. The van der Waals surface area contributed by atoms with E-state index in [4.69, 9.17) is 5.11 Å². The highest BCUT2D eigenvalue weighted by Crippen LogP contribution is 2.39. The highest BCUT2D eigenvalue weighted by atomic mass is 32.2. The number of aryl methyl sites for hydroxylation is 1. The van der Waals surface area contributed by atoms with Crippen LogP contribution in [-0.2, 0) is 17.1 Å². The zero-order valence-corrected chi connectivity index (χ0v) is 12.8. The van der Waals surface area contributed by atoms with Gasteiger partial charge in [-0.25, -0.2) is 13.2 Å². The van der Waals surface area contributed by atoms with Crippen LogP contribution in [0.4, 0.5) is 0 Å². The minimum atomic E-state index is -3.60. The number of aromatic nitrogens is 1. The van der Waals surface area contributed by atoms with Gasteiger partial charge in [-0.15, -0.1) is 0 Å². The van der Waals surface area contributed by atoms with Gasteiger partial charge < -0.3 is 9.67 Å². The fourth-order valence-corrected chi connectivity index (χ4v) is 5.49. The van der Waals surface area contributed by atoms with Crippen LogP contribution in [0.15, 0.2) is 17.2 Å². The Morgan fingerprint density at radius 2 is 2.00 bits per heavy atom. The SMILES string of the molecule is Cn1cc(S(=O)(=O)N2CCC3CCCCC32)cc1C(=O)O. The van der Waals surface area contributed by atoms with Crippen LogP contribution in [-0.4, -0.2) is 41.0 Å². The number of carboxylic acids is 1. The van der Waals surface area contributed by atoms with Gasteiger partial charge in [0.2, 0.25) is 10.0 Å². The molecule has 1 saturated heterocycles. The van der Waals surface area contributed by atoms with E-state index < -0.39 is 16.0 Å². The van der Waals surface area contributed by atoms with Crippen LogP contribution in [0.5, 0.6) is 0 Å². The van der Waals surface area contributed by atoms with E-state index in [0.717, 1.165) is 25.7 Å². The molecule has 1 saturated carbocycles. The van der Waals surface area contributed by atoms with Crippen molar-refractivity contribution in [3.05, 3.63) is 18.0 Å². The van der Waals surface area contributed by atoms with Crippen molar-refractivity contribution in [2.45, 2.75) is 43.0 Å². The van der Waals surface area contributed by atoms with Gasteiger partial charge in [0.15, 0.2) is 0 Å². The molecule has 2 heterocycles. The first-order valence-corrected chi connectivity index (χ1v) is 8.77. The van der Waals surface area contributed by atoms with E-state index in [1.165, 1.54) is 23.3 Å². The molecule has 1 aliphatic heterocycles. The van der Waals surface area contributed by atoms with Crippen LogP contribution < -0.4 is 0 Å². The molecule has 1 aromatic rings. The van der Waals surface area contributed by atoms with Crippen molar-refractivity contribution in [2.24, 2.45) is 13.0 Å². The molecule has 1 aromatic heterocycles. The highest BCUT2D eigenvalue weighted by Gasteiger charge is 2.42. The molecule has 7 heteroatoms. The second kappa shape index (κ2) is 5.14. The number of hydrogen-bond donors (Lipinski definition) is 1. The Kier molecular flexibility index (Phi) is 3.57. The maximum Gasteiger partial charge on any atom is 0.352 e. The molecular weight excluding hydrogens is 292 g/mol. The normalized spacial score (nSPS) is 26.7. The molecule has 6 nitrogen and oxygen atoms in total. The van der Waals surface area contributed by atoms with E-state index in [-0.39, 0.29) is 16.6 Å². The highest BCUT2D eigenvalue weighted by molar-refractivity contribution is 7.89. The number of nitrogens with zero attached hydrogens (tertiary/aromatic N) is 2. The van der Waals surface area contributed by atoms with Gasteiger partial charge in [-0.3, -0.25) is 0 Å². The van der Waals surface area contributed by atoms with Gasteiger partial charge in [0.05, 0.1) is 0 Å². The molecule has 0 spiro atoms. The van der Waals surface area contributed by atoms with Gasteiger partial charge in [-0.2, -0.15) is 4.31 Å². The summed E-state index contributed by atoms with van der Waals surface area (Å²) in [6.07, 6.45) is 6.59. The first-order valence-electron chi connectivity index (χ1n) is 7.33. The molecule has 2 unspecified atom stereocenters. The van der Waals surface area contributed by atoms with E-state index in [2.05, 4.69) is 0 Å². The third-order valence-electron chi connectivity index (χ3n) is 4.76. The Bertz CT molecular complexity index is 665. The van der Waals surface area contributed by atoms with Crippen molar-refractivity contribution >= 4 is 16.0 Å². The molecule has 1 N–H and O–H groups in total. The Morgan fingerprint density at radius 1 is 1.29 bits per heavy atom. The Hall–Kier alpha value is -1.34. The molecular formula is C14H20N2O4S. The lowest BCUT2D eigenvalue weighted by Crippen LogP contribution is -2.39. The maximum absolute atomic E-state index is 12.8. The van der Waals surface area contributed by atoms with E-state index in [1.54, 1.807) is 11.4 Å². The summed E-state index contributed by atoms with van der Waals surface area (Å²) in [6, 6.07) is 1.35. The average Bonchev–Trinajstić information content (AvgIpc) is 3.02. The fourth-order valence-electron chi connectivity index (χ4n) is 3.68. The summed E-state index contributed by atoms with van der Waals surface area (Å²) in [4.78, 5) is 11.2. The van der Waals surface area contributed by atoms with Gasteiger partial charge in [0, 0.05) is 25.8 Å². The van der Waals surface area contributed by atoms with Crippen molar-refractivity contribution in [3.63, 3.8) is 0 Å². The third kappa shape index (κ3) is 2.38. The fraction of sp³-hybridized carbons (Fsp3) is 0.643. The summed E-state index contributed by atoms with van der Waals surface area (Å²) in [7, 11) is -2.04. The van der Waals surface area contributed by atoms with Crippen molar-refractivity contribution in [1.29, 1.82) is 0 Å². The number of hydrogen-bond acceptors (Lipinski definition) is 3. The summed E-state index contributed by atoms with van der Waals surface area (Å²) in [5.41, 5.74) is -0.00651. The second-order valence-electron chi connectivity index (χ2n) is 5.99. The maximum atomic E-state index is 12.8. The number of fused-ring (bicyclic) bond motifs is 1. The lowest BCUT2D eigenvalue weighted by molar-refractivity contribution is 0.0686. The van der Waals surface area contributed by atoms with Gasteiger partial charge in [-0.05, 0) is 31.2 Å². The average molecular weight is 312 g/mol. The van der Waals surface area contributed by atoms with Gasteiger partial charge in [0.1, 0.15) is 10.6 Å². The first-order chi connectivity index (χ1) is 9.91. The molecule has 0 aromatic carbocycles. The van der Waals surface area contributed by atoms with E-state index in [0.29, 0.717) is 12.5 Å². The zero-order chi connectivity index (χ0) is 15.2. The molecule has 21 heavy (non-hydrogen) atoms. The summed E-state index contributed by atoms with van der Waals surface area (Å²) >= 11 is 0. The topological polar surface area (TPSA) is 79.6 Å². The quantitative estimate of drug-likeness (QED) is 0.921. The lowest BCUT2D eigenvalue weighted by atomic mass is 9.86. The molecule has 2 fully saturated rings. The summed E-state index contributed by atoms with van der Waals surface area (Å²) in [6.45, 7) is 0.551. The van der Waals surface area contributed by atoms with Crippen LogP contribution in [0, 0.1) is 5.92 Å². The van der Waals surface area contributed by atoms with Gasteiger partial charge in [0.25, 0.3) is 0 Å². The summed E-state index contributed by atoms with van der Waals surface area (Å²) in [5.74, 6) is -0.646. The van der Waals surface area contributed by atoms with Gasteiger partial charge >= 0.3 is 5.97 Å². The number of sulfonamides is 1. The van der Waals surface area contributed by atoms with Crippen molar-refractivity contribution in [3.8, 4) is 0 Å². The van der Waals surface area contributed by atoms with Crippen LogP contribution in [0.3, 0.4) is 0 Å². The third-order valence-corrected chi connectivity index (χ3v) is 6.65. The van der Waals surface area contributed by atoms with Crippen molar-refractivity contribution in [1.82, 2.24) is 8.87 Å².